The first kappa shape index (κ1) is 39.5. The van der Waals surface area contributed by atoms with E-state index in [1.54, 1.807) is 42.5 Å². The zero-order chi connectivity index (χ0) is 39.8. The number of hydrogen-bond donors (Lipinski definition) is 8. The molecule has 0 bridgehead atoms. The lowest BCUT2D eigenvalue weighted by Crippen LogP contribution is -2.17. The molecule has 5 aromatic rings. The number of methoxy groups -OCH3 is 1. The van der Waals surface area contributed by atoms with Gasteiger partial charge < -0.3 is 40.7 Å². The maximum absolute atomic E-state index is 11.6. The van der Waals surface area contributed by atoms with Crippen LogP contribution in [-0.2, 0) is 14.7 Å². The molecule has 0 atom stereocenters. The third-order valence-electron chi connectivity index (χ3n) is 6.97. The highest BCUT2D eigenvalue weighted by Gasteiger charge is 2.17. The molecule has 5 rings (SSSR count). The highest BCUT2D eigenvalue weighted by atomic mass is 32.2. The van der Waals surface area contributed by atoms with E-state index in [4.69, 9.17) is 9.29 Å². The molecule has 284 valence electrons. The standard InChI is InChI=1S/C32H29N10O11PS/c1-53-27-17-22(9-10-26(27)42-40-23-3-2-4-25(16-23)54(47,48)49)35-32-37-30(33-11-12-55(50,51)52)36-31(38-32)34-20-5-7-21(8-6-20)39-41-24-14-18(28(43)44)13-19(15-24)29(45)46/h2-10,13-17H,11-12H2,1H3,(H,43,44)(H,45,46)(H2,47,48,49)(H,50,51,52)(H3,33,34,35,36,37,38)/b41-39+,42-40+. The number of azo groups is 2. The number of nitrogens with one attached hydrogen (secondary N) is 3. The van der Waals surface area contributed by atoms with E-state index in [-0.39, 0.29) is 63.6 Å². The SMILES string of the molecule is COc1cc(Nc2nc(NCCS(=O)(=O)O)nc(Nc3ccc(/N=N/c4cc(C(=O)O)cc(C(=O)O)c4)cc3)n2)ccc1/N=N/c1cccc(P(=O)(O)O)c1. The Labute approximate surface area is 310 Å². The lowest BCUT2D eigenvalue weighted by molar-refractivity contribution is 0.0696. The Balaban J connectivity index is 1.35. The van der Waals surface area contributed by atoms with Crippen molar-refractivity contribution < 1.29 is 51.9 Å². The van der Waals surface area contributed by atoms with Crippen molar-refractivity contribution in [3.05, 3.63) is 96.1 Å². The normalized spacial score (nSPS) is 11.8. The van der Waals surface area contributed by atoms with E-state index in [0.717, 1.165) is 6.07 Å². The van der Waals surface area contributed by atoms with Crippen LogP contribution in [0.4, 0.5) is 52.0 Å². The first-order valence-electron chi connectivity index (χ1n) is 15.4. The molecule has 0 saturated heterocycles. The first-order valence-corrected chi connectivity index (χ1v) is 18.7. The van der Waals surface area contributed by atoms with Crippen molar-refractivity contribution in [1.82, 2.24) is 15.0 Å². The predicted molar refractivity (Wildman–Crippen MR) is 198 cm³/mol. The Morgan fingerprint density at radius 3 is 1.91 bits per heavy atom. The number of nitrogens with zero attached hydrogens (tertiary/aromatic N) is 7. The highest BCUT2D eigenvalue weighted by molar-refractivity contribution is 7.85. The van der Waals surface area contributed by atoms with Crippen molar-refractivity contribution in [3.63, 3.8) is 0 Å². The van der Waals surface area contributed by atoms with Crippen molar-refractivity contribution in [1.29, 1.82) is 0 Å². The summed E-state index contributed by atoms with van der Waals surface area (Å²) in [6, 6.07) is 19.8. The fourth-order valence-electron chi connectivity index (χ4n) is 4.45. The first-order chi connectivity index (χ1) is 26.0. The molecule has 0 amide bonds. The lowest BCUT2D eigenvalue weighted by atomic mass is 10.1. The summed E-state index contributed by atoms with van der Waals surface area (Å²) in [4.78, 5) is 54.5. The van der Waals surface area contributed by atoms with Gasteiger partial charge in [-0.2, -0.15) is 38.7 Å². The van der Waals surface area contributed by atoms with Crippen molar-refractivity contribution in [2.45, 2.75) is 0 Å². The molecule has 4 aromatic carbocycles. The monoisotopic (exact) mass is 792 g/mol. The van der Waals surface area contributed by atoms with Crippen LogP contribution in [0.25, 0.3) is 0 Å². The number of benzene rings is 4. The number of rotatable bonds is 16. The number of ether oxygens (including phenoxy) is 1. The minimum absolute atomic E-state index is 0.00263. The predicted octanol–water partition coefficient (Wildman–Crippen LogP) is 5.70. The molecule has 0 spiro atoms. The fourth-order valence-corrected chi connectivity index (χ4v) is 5.39. The molecule has 21 nitrogen and oxygen atoms in total. The highest BCUT2D eigenvalue weighted by Crippen LogP contribution is 2.36. The van der Waals surface area contributed by atoms with Gasteiger partial charge in [-0.15, -0.1) is 5.11 Å². The van der Waals surface area contributed by atoms with Gasteiger partial charge in [0.15, 0.2) is 0 Å². The minimum Gasteiger partial charge on any atom is -0.494 e. The van der Waals surface area contributed by atoms with E-state index in [9.17, 15) is 42.6 Å². The molecule has 0 radical (unpaired) electrons. The topological polar surface area (TPSA) is 320 Å². The van der Waals surface area contributed by atoms with Crippen LogP contribution in [0.1, 0.15) is 20.7 Å². The van der Waals surface area contributed by atoms with Gasteiger partial charge >= 0.3 is 19.5 Å². The van der Waals surface area contributed by atoms with Crippen LogP contribution in [0.5, 0.6) is 5.75 Å². The van der Waals surface area contributed by atoms with Crippen LogP contribution in [0, 0.1) is 0 Å². The second-order valence-corrected chi connectivity index (χ2v) is 14.2. The molecular formula is C32H29N10O11PS. The summed E-state index contributed by atoms with van der Waals surface area (Å²) in [5.74, 6) is -3.09. The lowest BCUT2D eigenvalue weighted by Gasteiger charge is -2.12. The summed E-state index contributed by atoms with van der Waals surface area (Å²) >= 11 is 0. The molecule has 1 heterocycles. The second-order valence-electron chi connectivity index (χ2n) is 11.0. The maximum atomic E-state index is 11.6. The van der Waals surface area contributed by atoms with Gasteiger partial charge in [0.2, 0.25) is 17.8 Å². The van der Waals surface area contributed by atoms with Gasteiger partial charge in [-0.25, -0.2) is 9.59 Å². The van der Waals surface area contributed by atoms with Crippen molar-refractivity contribution in [2.24, 2.45) is 20.5 Å². The zero-order valence-electron chi connectivity index (χ0n) is 28.2. The average Bonchev–Trinajstić information content (AvgIpc) is 3.13. The molecule has 0 fully saturated rings. The van der Waals surface area contributed by atoms with Gasteiger partial charge in [-0.1, -0.05) is 6.07 Å². The summed E-state index contributed by atoms with van der Waals surface area (Å²) in [5, 5.41) is 43.2. The number of aromatic carboxylic acids is 2. The Morgan fingerprint density at radius 1 is 0.727 bits per heavy atom. The molecule has 0 unspecified atom stereocenters. The molecule has 0 aliphatic rings. The van der Waals surface area contributed by atoms with Gasteiger partial charge in [0, 0.05) is 24.0 Å². The number of carboxylic acid groups (broad SMARTS) is 2. The number of hydrogen-bond acceptors (Lipinski definition) is 16. The van der Waals surface area contributed by atoms with Crippen LogP contribution >= 0.6 is 7.60 Å². The van der Waals surface area contributed by atoms with E-state index in [1.165, 1.54) is 43.5 Å². The minimum atomic E-state index is -4.49. The van der Waals surface area contributed by atoms with E-state index in [2.05, 4.69) is 51.4 Å². The van der Waals surface area contributed by atoms with Crippen LogP contribution in [0.2, 0.25) is 0 Å². The molecular weight excluding hydrogens is 763 g/mol. The number of aromatic nitrogens is 3. The zero-order valence-corrected chi connectivity index (χ0v) is 29.9. The van der Waals surface area contributed by atoms with Crippen molar-refractivity contribution in [2.75, 3.05) is 35.4 Å². The average molecular weight is 793 g/mol. The molecule has 0 aliphatic carbocycles. The van der Waals surface area contributed by atoms with Gasteiger partial charge in [0.1, 0.15) is 11.4 Å². The summed E-state index contributed by atoms with van der Waals surface area (Å²) in [6.07, 6.45) is 0. The molecule has 23 heteroatoms. The van der Waals surface area contributed by atoms with E-state index >= 15 is 0 Å². The smallest absolute Gasteiger partial charge is 0.356 e. The largest absolute Gasteiger partial charge is 0.494 e. The fraction of sp³-hybridized carbons (Fsp3) is 0.0938. The number of carboxylic acids is 2. The summed E-state index contributed by atoms with van der Waals surface area (Å²) in [6.45, 7) is -0.241. The van der Waals surface area contributed by atoms with E-state index < -0.39 is 35.4 Å². The maximum Gasteiger partial charge on any atom is 0.356 e. The second kappa shape index (κ2) is 17.0. The third kappa shape index (κ3) is 11.6. The Bertz CT molecular complexity index is 2430. The van der Waals surface area contributed by atoms with Gasteiger partial charge in [-0.05, 0) is 72.8 Å². The Kier molecular flexibility index (Phi) is 12.2. The van der Waals surface area contributed by atoms with Crippen LogP contribution in [0.15, 0.2) is 105 Å². The van der Waals surface area contributed by atoms with Gasteiger partial charge in [0.05, 0.1) is 46.4 Å². The van der Waals surface area contributed by atoms with E-state index in [1.807, 2.05) is 0 Å². The molecule has 1 aromatic heterocycles. The van der Waals surface area contributed by atoms with Crippen molar-refractivity contribution >= 4 is 86.9 Å². The summed E-state index contributed by atoms with van der Waals surface area (Å²) < 4.78 is 48.7. The van der Waals surface area contributed by atoms with Gasteiger partial charge in [-0.3, -0.25) is 9.12 Å². The molecule has 0 saturated carbocycles. The Hall–Kier alpha value is -6.71. The third-order valence-corrected chi connectivity index (χ3v) is 8.64. The van der Waals surface area contributed by atoms with E-state index in [0.29, 0.717) is 17.1 Å². The quantitative estimate of drug-likeness (QED) is 0.0337. The van der Waals surface area contributed by atoms with Crippen LogP contribution < -0.4 is 26.0 Å². The number of carbonyl (C=O) groups is 2. The molecule has 8 N–H and O–H groups in total. The van der Waals surface area contributed by atoms with Crippen LogP contribution in [-0.4, -0.2) is 79.3 Å². The molecule has 55 heavy (non-hydrogen) atoms. The van der Waals surface area contributed by atoms with Gasteiger partial charge in [0.25, 0.3) is 10.1 Å². The Morgan fingerprint density at radius 2 is 1.31 bits per heavy atom. The van der Waals surface area contributed by atoms with Crippen molar-refractivity contribution in [3.8, 4) is 5.75 Å². The molecule has 0 aliphatic heterocycles. The summed E-state index contributed by atoms with van der Waals surface area (Å²) in [7, 11) is -7.39. The number of anilines is 5. The summed E-state index contributed by atoms with van der Waals surface area (Å²) in [5.41, 5.74) is 1.17. The van der Waals surface area contributed by atoms with Crippen LogP contribution in [0.3, 0.4) is 0 Å².